The first-order valence-electron chi connectivity index (χ1n) is 6.48. The topological polar surface area (TPSA) is 45.1 Å². The number of thiazole rings is 1. The average molecular weight is 254 g/mol. The first-order valence-corrected chi connectivity index (χ1v) is 7.30. The fourth-order valence-electron chi connectivity index (χ4n) is 1.91. The third kappa shape index (κ3) is 4.37. The molecule has 1 aromatic rings. The van der Waals surface area contributed by atoms with Gasteiger partial charge in [0.25, 0.3) is 0 Å². The minimum absolute atomic E-state index is 0.231. The Kier molecular flexibility index (Phi) is 4.54. The largest absolute Gasteiger partial charge is 0.392 e. The van der Waals surface area contributed by atoms with Crippen LogP contribution in [0.4, 0.5) is 0 Å². The van der Waals surface area contributed by atoms with Crippen LogP contribution in [-0.2, 0) is 6.54 Å². The normalized spacial score (nSPS) is 17.6. The number of aromatic nitrogens is 1. The van der Waals surface area contributed by atoms with Crippen molar-refractivity contribution in [2.75, 3.05) is 6.54 Å². The molecule has 0 spiro atoms. The molecule has 2 rings (SSSR count). The monoisotopic (exact) mass is 254 g/mol. The lowest BCUT2D eigenvalue weighted by atomic mass is 10.1. The molecule has 0 amide bonds. The Morgan fingerprint density at radius 3 is 2.94 bits per heavy atom. The van der Waals surface area contributed by atoms with Crippen LogP contribution in [-0.4, -0.2) is 22.7 Å². The third-order valence-electron chi connectivity index (χ3n) is 2.92. The van der Waals surface area contributed by atoms with Crippen LogP contribution in [0.5, 0.6) is 0 Å². The highest BCUT2D eigenvalue weighted by atomic mass is 32.1. The fourth-order valence-corrected chi connectivity index (χ4v) is 2.97. The first kappa shape index (κ1) is 13.0. The summed E-state index contributed by atoms with van der Waals surface area (Å²) in [6.07, 6.45) is 5.23. The highest BCUT2D eigenvalue weighted by Crippen LogP contribution is 2.41. The van der Waals surface area contributed by atoms with Gasteiger partial charge in [-0.3, -0.25) is 0 Å². The molecule has 1 atom stereocenters. The van der Waals surface area contributed by atoms with Crippen LogP contribution in [0.3, 0.4) is 0 Å². The Morgan fingerprint density at radius 1 is 1.53 bits per heavy atom. The molecule has 0 aromatic carbocycles. The Bertz CT molecular complexity index is 347. The van der Waals surface area contributed by atoms with Gasteiger partial charge in [0.05, 0.1) is 11.1 Å². The number of hydrogen-bond acceptors (Lipinski definition) is 4. The van der Waals surface area contributed by atoms with Crippen molar-refractivity contribution in [3.8, 4) is 0 Å². The number of nitrogens with one attached hydrogen (secondary N) is 1. The smallest absolute Gasteiger partial charge is 0.0959 e. The molecular formula is C13H22N2OS. The van der Waals surface area contributed by atoms with Crippen molar-refractivity contribution in [2.24, 2.45) is 5.92 Å². The van der Waals surface area contributed by atoms with Gasteiger partial charge in [-0.2, -0.15) is 0 Å². The molecule has 1 fully saturated rings. The molecule has 1 aliphatic rings. The summed E-state index contributed by atoms with van der Waals surface area (Å²) < 4.78 is 0. The highest BCUT2D eigenvalue weighted by Gasteiger charge is 2.26. The predicted molar refractivity (Wildman–Crippen MR) is 71.3 cm³/mol. The van der Waals surface area contributed by atoms with Crippen molar-refractivity contribution in [3.05, 3.63) is 16.1 Å². The maximum Gasteiger partial charge on any atom is 0.0959 e. The zero-order valence-corrected chi connectivity index (χ0v) is 11.5. The molecule has 17 heavy (non-hydrogen) atoms. The predicted octanol–water partition coefficient (Wildman–Crippen LogP) is 2.52. The molecular weight excluding hydrogens is 232 g/mol. The summed E-state index contributed by atoms with van der Waals surface area (Å²) in [4.78, 5) is 5.72. The molecule has 3 nitrogen and oxygen atoms in total. The number of nitrogens with zero attached hydrogens (tertiary/aromatic N) is 1. The van der Waals surface area contributed by atoms with Crippen molar-refractivity contribution < 1.29 is 5.11 Å². The standard InChI is InChI=1S/C13H22N2OS/c1-9(2)5-11(16)6-14-7-12-8-15-13(17-12)10-3-4-10/h8-11,14,16H,3-7H2,1-2H3. The number of aliphatic hydroxyl groups excluding tert-OH is 1. The Labute approximate surface area is 107 Å². The van der Waals surface area contributed by atoms with Crippen molar-refractivity contribution in [2.45, 2.75) is 51.7 Å². The van der Waals surface area contributed by atoms with Gasteiger partial charge in [-0.05, 0) is 25.2 Å². The van der Waals surface area contributed by atoms with Gasteiger partial charge in [0, 0.05) is 30.1 Å². The number of hydrogen-bond donors (Lipinski definition) is 2. The van der Waals surface area contributed by atoms with E-state index in [2.05, 4.69) is 24.1 Å². The van der Waals surface area contributed by atoms with Gasteiger partial charge in [-0.15, -0.1) is 11.3 Å². The maximum absolute atomic E-state index is 9.73. The van der Waals surface area contributed by atoms with Crippen LogP contribution in [0.25, 0.3) is 0 Å². The molecule has 0 radical (unpaired) electrons. The summed E-state index contributed by atoms with van der Waals surface area (Å²) in [5.74, 6) is 1.30. The van der Waals surface area contributed by atoms with Gasteiger partial charge in [0.15, 0.2) is 0 Å². The van der Waals surface area contributed by atoms with E-state index in [1.54, 1.807) is 0 Å². The van der Waals surface area contributed by atoms with Crippen molar-refractivity contribution in [1.82, 2.24) is 10.3 Å². The molecule has 96 valence electrons. The van der Waals surface area contributed by atoms with Crippen LogP contribution in [0.1, 0.15) is 48.9 Å². The molecule has 0 bridgehead atoms. The molecule has 4 heteroatoms. The van der Waals surface area contributed by atoms with E-state index in [4.69, 9.17) is 0 Å². The molecule has 0 saturated heterocycles. The molecule has 1 aliphatic carbocycles. The molecule has 1 saturated carbocycles. The summed E-state index contributed by atoms with van der Waals surface area (Å²) >= 11 is 1.81. The average Bonchev–Trinajstić information content (AvgIpc) is 2.99. The quantitative estimate of drug-likeness (QED) is 0.786. The SMILES string of the molecule is CC(C)CC(O)CNCc1cnc(C2CC2)s1. The summed E-state index contributed by atoms with van der Waals surface area (Å²) in [6, 6.07) is 0. The van der Waals surface area contributed by atoms with E-state index in [0.717, 1.165) is 18.9 Å². The van der Waals surface area contributed by atoms with Crippen molar-refractivity contribution in [1.29, 1.82) is 0 Å². The molecule has 2 N–H and O–H groups in total. The van der Waals surface area contributed by atoms with Gasteiger partial charge in [-0.1, -0.05) is 13.8 Å². The van der Waals surface area contributed by atoms with Crippen LogP contribution < -0.4 is 5.32 Å². The highest BCUT2D eigenvalue weighted by molar-refractivity contribution is 7.11. The van der Waals surface area contributed by atoms with Gasteiger partial charge in [0.2, 0.25) is 0 Å². The van der Waals surface area contributed by atoms with E-state index in [1.807, 2.05) is 17.5 Å². The molecule has 0 aliphatic heterocycles. The maximum atomic E-state index is 9.73. The van der Waals surface area contributed by atoms with Crippen LogP contribution in [0.15, 0.2) is 6.20 Å². The first-order chi connectivity index (χ1) is 8.15. The lowest BCUT2D eigenvalue weighted by Gasteiger charge is -2.13. The van der Waals surface area contributed by atoms with Crippen LogP contribution in [0.2, 0.25) is 0 Å². The summed E-state index contributed by atoms with van der Waals surface area (Å²) in [5.41, 5.74) is 0. The zero-order valence-electron chi connectivity index (χ0n) is 10.6. The van der Waals surface area contributed by atoms with Gasteiger partial charge >= 0.3 is 0 Å². The number of aliphatic hydroxyl groups is 1. The van der Waals surface area contributed by atoms with E-state index >= 15 is 0 Å². The second-order valence-corrected chi connectivity index (χ2v) is 6.50. The second-order valence-electron chi connectivity index (χ2n) is 5.35. The Balaban J connectivity index is 1.66. The van der Waals surface area contributed by atoms with E-state index in [9.17, 15) is 5.11 Å². The molecule has 1 aromatic heterocycles. The van der Waals surface area contributed by atoms with E-state index in [0.29, 0.717) is 12.5 Å². The third-order valence-corrected chi connectivity index (χ3v) is 4.08. The van der Waals surface area contributed by atoms with Crippen molar-refractivity contribution >= 4 is 11.3 Å². The Hall–Kier alpha value is -0.450. The van der Waals surface area contributed by atoms with Gasteiger partial charge in [0.1, 0.15) is 0 Å². The fraction of sp³-hybridized carbons (Fsp3) is 0.769. The van der Waals surface area contributed by atoms with E-state index < -0.39 is 0 Å². The molecule has 1 unspecified atom stereocenters. The van der Waals surface area contributed by atoms with Crippen molar-refractivity contribution in [3.63, 3.8) is 0 Å². The summed E-state index contributed by atoms with van der Waals surface area (Å²) in [6.45, 7) is 5.77. The molecule has 1 heterocycles. The zero-order chi connectivity index (χ0) is 12.3. The van der Waals surface area contributed by atoms with Gasteiger partial charge in [-0.25, -0.2) is 4.98 Å². The van der Waals surface area contributed by atoms with E-state index in [-0.39, 0.29) is 6.10 Å². The summed E-state index contributed by atoms with van der Waals surface area (Å²) in [5, 5.41) is 14.3. The summed E-state index contributed by atoms with van der Waals surface area (Å²) in [7, 11) is 0. The second kappa shape index (κ2) is 5.94. The lowest BCUT2D eigenvalue weighted by molar-refractivity contribution is 0.146. The number of rotatable bonds is 7. The Morgan fingerprint density at radius 2 is 2.29 bits per heavy atom. The minimum atomic E-state index is -0.231. The van der Waals surface area contributed by atoms with Crippen LogP contribution in [0, 0.1) is 5.92 Å². The van der Waals surface area contributed by atoms with Crippen LogP contribution >= 0.6 is 11.3 Å². The van der Waals surface area contributed by atoms with E-state index in [1.165, 1.54) is 22.7 Å². The lowest BCUT2D eigenvalue weighted by Crippen LogP contribution is -2.27. The minimum Gasteiger partial charge on any atom is -0.392 e. The van der Waals surface area contributed by atoms with Gasteiger partial charge < -0.3 is 10.4 Å².